The highest BCUT2D eigenvalue weighted by Crippen LogP contribution is 2.33. The largest absolute Gasteiger partial charge is 0.496 e. The molecule has 1 amide bonds. The summed E-state index contributed by atoms with van der Waals surface area (Å²) in [4.78, 5) is 28.6. The van der Waals surface area contributed by atoms with Crippen molar-refractivity contribution in [2.45, 2.75) is 25.8 Å². The number of carboxylic acids is 1. The molecule has 0 radical (unpaired) electrons. The molecule has 0 aliphatic heterocycles. The predicted octanol–water partition coefficient (Wildman–Crippen LogP) is 2.94. The van der Waals surface area contributed by atoms with E-state index in [-0.39, 0.29) is 11.8 Å². The number of carbonyl (C=O) groups is 2. The van der Waals surface area contributed by atoms with Crippen LogP contribution in [0.5, 0.6) is 5.75 Å². The lowest BCUT2D eigenvalue weighted by molar-refractivity contribution is -0.141. The van der Waals surface area contributed by atoms with Gasteiger partial charge in [-0.25, -0.2) is 4.98 Å². The lowest BCUT2D eigenvalue weighted by Gasteiger charge is -2.09. The monoisotopic (exact) mass is 360 g/mol. The number of methoxy groups -OCH3 is 1. The van der Waals surface area contributed by atoms with Crippen molar-refractivity contribution in [3.05, 3.63) is 35.3 Å². The number of para-hydroxylation sites is 1. The zero-order chi connectivity index (χ0) is 17.8. The van der Waals surface area contributed by atoms with Gasteiger partial charge >= 0.3 is 5.97 Å². The number of benzene rings is 1. The van der Waals surface area contributed by atoms with Crippen molar-refractivity contribution < 1.29 is 19.4 Å². The molecule has 6 nitrogen and oxygen atoms in total. The van der Waals surface area contributed by atoms with E-state index < -0.39 is 11.9 Å². The number of aliphatic carboxylic acids is 1. The molecule has 132 valence electrons. The van der Waals surface area contributed by atoms with Gasteiger partial charge in [-0.15, -0.1) is 11.3 Å². The van der Waals surface area contributed by atoms with Gasteiger partial charge < -0.3 is 15.2 Å². The molecule has 25 heavy (non-hydrogen) atoms. The van der Waals surface area contributed by atoms with Gasteiger partial charge in [0.1, 0.15) is 10.8 Å². The number of rotatable bonds is 6. The average Bonchev–Trinajstić information content (AvgIpc) is 3.29. The van der Waals surface area contributed by atoms with Crippen molar-refractivity contribution in [2.24, 2.45) is 11.8 Å². The van der Waals surface area contributed by atoms with E-state index in [1.807, 2.05) is 24.3 Å². The normalized spacial score (nSPS) is 19.6. The molecule has 1 fully saturated rings. The van der Waals surface area contributed by atoms with E-state index in [1.54, 1.807) is 13.3 Å². The van der Waals surface area contributed by atoms with Gasteiger partial charge in [-0.2, -0.15) is 0 Å². The summed E-state index contributed by atoms with van der Waals surface area (Å²) in [5.74, 6) is -0.715. The first-order valence-corrected chi connectivity index (χ1v) is 8.98. The van der Waals surface area contributed by atoms with Gasteiger partial charge in [0.05, 0.1) is 25.1 Å². The second-order valence-electron chi connectivity index (χ2n) is 6.09. The fourth-order valence-corrected chi connectivity index (χ4v) is 3.98. The third-order valence-electron chi connectivity index (χ3n) is 4.48. The van der Waals surface area contributed by atoms with E-state index >= 15 is 0 Å². The van der Waals surface area contributed by atoms with Crippen LogP contribution in [0.4, 0.5) is 0 Å². The van der Waals surface area contributed by atoms with Crippen molar-refractivity contribution in [1.29, 1.82) is 0 Å². The van der Waals surface area contributed by atoms with E-state index in [9.17, 15) is 9.59 Å². The summed E-state index contributed by atoms with van der Waals surface area (Å²) in [6.07, 6.45) is 3.39. The maximum Gasteiger partial charge on any atom is 0.306 e. The molecule has 7 heteroatoms. The molecule has 0 unspecified atom stereocenters. The van der Waals surface area contributed by atoms with Crippen molar-refractivity contribution >= 4 is 23.2 Å². The Morgan fingerprint density at radius 2 is 2.08 bits per heavy atom. The van der Waals surface area contributed by atoms with Gasteiger partial charge in [0.2, 0.25) is 5.91 Å². The van der Waals surface area contributed by atoms with Crippen LogP contribution in [0, 0.1) is 11.8 Å². The minimum atomic E-state index is -0.806. The van der Waals surface area contributed by atoms with Crippen LogP contribution in [-0.2, 0) is 16.1 Å². The fraction of sp³-hybridized carbons (Fsp3) is 0.389. The molecule has 2 atom stereocenters. The second-order valence-corrected chi connectivity index (χ2v) is 7.21. The first-order valence-electron chi connectivity index (χ1n) is 8.17. The SMILES string of the molecule is COc1ccccc1-c1ncc(CNC(=O)[C@H]2CC[C@@H](C(=O)O)C2)s1. The molecule has 1 aromatic heterocycles. The van der Waals surface area contributed by atoms with Crippen LogP contribution >= 0.6 is 11.3 Å². The van der Waals surface area contributed by atoms with Crippen molar-refractivity contribution in [3.8, 4) is 16.3 Å². The fourth-order valence-electron chi connectivity index (χ4n) is 3.10. The summed E-state index contributed by atoms with van der Waals surface area (Å²) >= 11 is 1.51. The smallest absolute Gasteiger partial charge is 0.306 e. The highest BCUT2D eigenvalue weighted by Gasteiger charge is 2.33. The third kappa shape index (κ3) is 3.99. The number of nitrogens with one attached hydrogen (secondary N) is 1. The molecule has 1 aliphatic rings. The van der Waals surface area contributed by atoms with Crippen LogP contribution in [0.2, 0.25) is 0 Å². The van der Waals surface area contributed by atoms with Crippen LogP contribution < -0.4 is 10.1 Å². The molecule has 1 aliphatic carbocycles. The molecule has 0 saturated heterocycles. The highest BCUT2D eigenvalue weighted by molar-refractivity contribution is 7.15. The number of carbonyl (C=O) groups excluding carboxylic acids is 1. The van der Waals surface area contributed by atoms with E-state index in [0.29, 0.717) is 25.8 Å². The Balaban J connectivity index is 1.59. The second kappa shape index (κ2) is 7.65. The number of ether oxygens (including phenoxy) is 1. The summed E-state index contributed by atoms with van der Waals surface area (Å²) in [6.45, 7) is 0.403. The van der Waals surface area contributed by atoms with Crippen LogP contribution in [-0.4, -0.2) is 29.1 Å². The summed E-state index contributed by atoms with van der Waals surface area (Å²) in [6, 6.07) is 7.67. The Labute approximate surface area is 149 Å². The Morgan fingerprint density at radius 1 is 1.32 bits per heavy atom. The average molecular weight is 360 g/mol. The Kier molecular flexibility index (Phi) is 5.33. The molecular formula is C18H20N2O4S. The summed E-state index contributed by atoms with van der Waals surface area (Å²) < 4.78 is 5.35. The molecule has 0 bridgehead atoms. The van der Waals surface area contributed by atoms with Gasteiger partial charge in [0.15, 0.2) is 0 Å². The van der Waals surface area contributed by atoms with Gasteiger partial charge in [-0.3, -0.25) is 9.59 Å². The maximum absolute atomic E-state index is 12.2. The quantitative estimate of drug-likeness (QED) is 0.827. The first kappa shape index (κ1) is 17.4. The lowest BCUT2D eigenvalue weighted by atomic mass is 10.0. The Hall–Kier alpha value is -2.41. The van der Waals surface area contributed by atoms with Crippen molar-refractivity contribution in [2.75, 3.05) is 7.11 Å². The Bertz CT molecular complexity index is 774. The highest BCUT2D eigenvalue weighted by atomic mass is 32.1. The molecule has 3 rings (SSSR count). The van der Waals surface area contributed by atoms with Gasteiger partial charge in [0, 0.05) is 17.0 Å². The van der Waals surface area contributed by atoms with Crippen LogP contribution in [0.15, 0.2) is 30.5 Å². The number of hydrogen-bond donors (Lipinski definition) is 2. The molecule has 2 aromatic rings. The predicted molar refractivity (Wildman–Crippen MR) is 94.4 cm³/mol. The maximum atomic E-state index is 12.2. The molecular weight excluding hydrogens is 340 g/mol. The topological polar surface area (TPSA) is 88.5 Å². The van der Waals surface area contributed by atoms with Crippen LogP contribution in [0.3, 0.4) is 0 Å². The van der Waals surface area contributed by atoms with Crippen molar-refractivity contribution in [3.63, 3.8) is 0 Å². The standard InChI is InChI=1S/C18H20N2O4S/c1-24-15-5-3-2-4-14(15)17-20-10-13(25-17)9-19-16(21)11-6-7-12(8-11)18(22)23/h2-5,10-12H,6-9H2,1H3,(H,19,21)(H,22,23)/t11-,12+/m0/s1. The Morgan fingerprint density at radius 3 is 2.80 bits per heavy atom. The van der Waals surface area contributed by atoms with Crippen LogP contribution in [0.25, 0.3) is 10.6 Å². The lowest BCUT2D eigenvalue weighted by Crippen LogP contribution is -2.29. The third-order valence-corrected chi connectivity index (χ3v) is 5.51. The number of hydrogen-bond acceptors (Lipinski definition) is 5. The van der Waals surface area contributed by atoms with Crippen molar-refractivity contribution in [1.82, 2.24) is 10.3 Å². The minimum absolute atomic E-state index is 0.0732. The van der Waals surface area contributed by atoms with E-state index in [1.165, 1.54) is 11.3 Å². The number of carboxylic acid groups (broad SMARTS) is 1. The van der Waals surface area contributed by atoms with Gasteiger partial charge in [-0.05, 0) is 31.4 Å². The number of aromatic nitrogens is 1. The molecule has 1 heterocycles. The molecule has 2 N–H and O–H groups in total. The number of nitrogens with zero attached hydrogens (tertiary/aromatic N) is 1. The zero-order valence-electron chi connectivity index (χ0n) is 13.9. The minimum Gasteiger partial charge on any atom is -0.496 e. The van der Waals surface area contributed by atoms with E-state index in [4.69, 9.17) is 9.84 Å². The molecule has 1 saturated carbocycles. The first-order chi connectivity index (χ1) is 12.1. The number of thiazole rings is 1. The van der Waals surface area contributed by atoms with Crippen LogP contribution in [0.1, 0.15) is 24.1 Å². The molecule has 1 aromatic carbocycles. The summed E-state index contributed by atoms with van der Waals surface area (Å²) in [5, 5.41) is 12.8. The van der Waals surface area contributed by atoms with E-state index in [0.717, 1.165) is 21.2 Å². The van der Waals surface area contributed by atoms with Gasteiger partial charge in [-0.1, -0.05) is 12.1 Å². The van der Waals surface area contributed by atoms with E-state index in [2.05, 4.69) is 10.3 Å². The summed E-state index contributed by atoms with van der Waals surface area (Å²) in [7, 11) is 1.62. The number of amides is 1. The zero-order valence-corrected chi connectivity index (χ0v) is 14.7. The molecule has 0 spiro atoms. The van der Waals surface area contributed by atoms with Gasteiger partial charge in [0.25, 0.3) is 0 Å². The summed E-state index contributed by atoms with van der Waals surface area (Å²) in [5.41, 5.74) is 0.924.